The molecule has 2 amide bonds. The van der Waals surface area contributed by atoms with Crippen molar-refractivity contribution in [3.8, 4) is 5.75 Å². The van der Waals surface area contributed by atoms with E-state index < -0.39 is 0 Å². The van der Waals surface area contributed by atoms with E-state index in [1.54, 1.807) is 13.1 Å². The number of unbranched alkanes of at least 4 members (excludes halogenated alkanes) is 1. The zero-order valence-corrected chi connectivity index (χ0v) is 19.7. The average Bonchev–Trinajstić information content (AvgIpc) is 3.22. The summed E-state index contributed by atoms with van der Waals surface area (Å²) in [6.07, 6.45) is 3.87. The van der Waals surface area contributed by atoms with Crippen LogP contribution in [-0.2, 0) is 19.5 Å². The highest BCUT2D eigenvalue weighted by atomic mass is 16.5. The Morgan fingerprint density at radius 3 is 2.56 bits per heavy atom. The van der Waals surface area contributed by atoms with Crippen LogP contribution in [0.25, 0.3) is 0 Å². The molecule has 172 valence electrons. The van der Waals surface area contributed by atoms with Gasteiger partial charge in [-0.1, -0.05) is 25.5 Å². The molecule has 32 heavy (non-hydrogen) atoms. The van der Waals surface area contributed by atoms with E-state index in [2.05, 4.69) is 31.2 Å². The van der Waals surface area contributed by atoms with E-state index in [4.69, 9.17) is 4.74 Å². The van der Waals surface area contributed by atoms with Crippen LogP contribution in [-0.4, -0.2) is 55.9 Å². The number of rotatable bonds is 10. The van der Waals surface area contributed by atoms with Gasteiger partial charge < -0.3 is 19.9 Å². The highest BCUT2D eigenvalue weighted by Crippen LogP contribution is 2.28. The van der Waals surface area contributed by atoms with Crippen LogP contribution in [0.1, 0.15) is 63.6 Å². The van der Waals surface area contributed by atoms with Crippen molar-refractivity contribution in [2.45, 2.75) is 45.7 Å². The number of hydrogen-bond donors (Lipinski definition) is 1. The molecule has 2 aromatic carbocycles. The number of fused-ring (bicyclic) bond motifs is 1. The number of aryl methyl sites for hydroxylation is 1. The number of nitrogens with one attached hydrogen (secondary N) is 1. The highest BCUT2D eigenvalue weighted by molar-refractivity contribution is 6.00. The third-order valence-electron chi connectivity index (χ3n) is 5.83. The molecule has 1 aliphatic rings. The largest absolute Gasteiger partial charge is 0.494 e. The minimum atomic E-state index is -0.147. The lowest BCUT2D eigenvalue weighted by molar-refractivity contribution is 0.0751. The van der Waals surface area contributed by atoms with Crippen molar-refractivity contribution >= 4 is 11.8 Å². The number of benzene rings is 2. The first-order valence-electron chi connectivity index (χ1n) is 11.5. The maximum absolute atomic E-state index is 13.2. The van der Waals surface area contributed by atoms with Crippen LogP contribution < -0.4 is 10.1 Å². The minimum absolute atomic E-state index is 0.0538. The number of carbonyl (C=O) groups is 2. The van der Waals surface area contributed by atoms with Gasteiger partial charge in [-0.3, -0.25) is 9.59 Å². The molecule has 0 bridgehead atoms. The topological polar surface area (TPSA) is 61.9 Å². The number of ether oxygens (including phenoxy) is 1. The molecule has 0 aromatic heterocycles. The Balaban J connectivity index is 1.69. The summed E-state index contributed by atoms with van der Waals surface area (Å²) in [6.45, 7) is 4.91. The summed E-state index contributed by atoms with van der Waals surface area (Å²) < 4.78 is 5.89. The lowest BCUT2D eigenvalue weighted by Gasteiger charge is -2.17. The van der Waals surface area contributed by atoms with Gasteiger partial charge in [0.15, 0.2) is 0 Å². The summed E-state index contributed by atoms with van der Waals surface area (Å²) >= 11 is 0. The standard InChI is InChI=1S/C26H35N3O3/c1-5-6-8-19-9-10-20(16-24(19)25(30)27-2)26(31)29-17-21-11-12-23(15-22(21)18-29)32-14-7-13-28(3)4/h9-12,15-16H,5-8,13-14,17-18H2,1-4H3,(H,27,30). The number of hydrogen-bond acceptors (Lipinski definition) is 4. The quantitative estimate of drug-likeness (QED) is 0.573. The highest BCUT2D eigenvalue weighted by Gasteiger charge is 2.25. The summed E-state index contributed by atoms with van der Waals surface area (Å²) in [5.74, 6) is 0.646. The van der Waals surface area contributed by atoms with Gasteiger partial charge in [-0.15, -0.1) is 0 Å². The van der Waals surface area contributed by atoms with E-state index in [1.165, 1.54) is 0 Å². The molecular weight excluding hydrogens is 402 g/mol. The van der Waals surface area contributed by atoms with Crippen LogP contribution in [0.5, 0.6) is 5.75 Å². The van der Waals surface area contributed by atoms with Crippen molar-refractivity contribution < 1.29 is 14.3 Å². The molecule has 1 N–H and O–H groups in total. The first kappa shape index (κ1) is 23.8. The molecule has 0 unspecified atom stereocenters. The van der Waals surface area contributed by atoms with Crippen molar-refractivity contribution in [1.29, 1.82) is 0 Å². The average molecular weight is 438 g/mol. The second-order valence-corrected chi connectivity index (χ2v) is 8.65. The van der Waals surface area contributed by atoms with Crippen LogP contribution in [0.4, 0.5) is 0 Å². The fourth-order valence-corrected chi connectivity index (χ4v) is 4.00. The molecule has 6 heteroatoms. The zero-order valence-electron chi connectivity index (χ0n) is 19.7. The van der Waals surface area contributed by atoms with E-state index >= 15 is 0 Å². The van der Waals surface area contributed by atoms with Crippen molar-refractivity contribution in [2.24, 2.45) is 0 Å². The molecule has 2 aromatic rings. The number of carbonyl (C=O) groups excluding carboxylic acids is 2. The molecule has 0 atom stereocenters. The van der Waals surface area contributed by atoms with Gasteiger partial charge in [0.05, 0.1) is 6.61 Å². The van der Waals surface area contributed by atoms with Crippen molar-refractivity contribution in [2.75, 3.05) is 34.3 Å². The lowest BCUT2D eigenvalue weighted by Crippen LogP contribution is -2.26. The van der Waals surface area contributed by atoms with Gasteiger partial charge in [0.2, 0.25) is 0 Å². The van der Waals surface area contributed by atoms with E-state index in [1.807, 2.05) is 35.2 Å². The smallest absolute Gasteiger partial charge is 0.254 e. The van der Waals surface area contributed by atoms with Crippen molar-refractivity contribution in [3.05, 3.63) is 64.2 Å². The predicted molar refractivity (Wildman–Crippen MR) is 127 cm³/mol. The molecule has 6 nitrogen and oxygen atoms in total. The Labute approximate surface area is 191 Å². The maximum Gasteiger partial charge on any atom is 0.254 e. The SMILES string of the molecule is CCCCc1ccc(C(=O)N2Cc3ccc(OCCCN(C)C)cc3C2)cc1C(=O)NC. The fourth-order valence-electron chi connectivity index (χ4n) is 4.00. The van der Waals surface area contributed by atoms with E-state index in [0.29, 0.717) is 30.8 Å². The molecule has 0 fully saturated rings. The van der Waals surface area contributed by atoms with Crippen LogP contribution in [0, 0.1) is 0 Å². The molecule has 0 aliphatic carbocycles. The monoisotopic (exact) mass is 437 g/mol. The Kier molecular flexibility index (Phi) is 8.28. The summed E-state index contributed by atoms with van der Waals surface area (Å²) in [5.41, 5.74) is 4.40. The van der Waals surface area contributed by atoms with Gasteiger partial charge in [0, 0.05) is 37.8 Å². The van der Waals surface area contributed by atoms with Gasteiger partial charge in [0.1, 0.15) is 5.75 Å². The molecule has 0 radical (unpaired) electrons. The van der Waals surface area contributed by atoms with Crippen LogP contribution >= 0.6 is 0 Å². The predicted octanol–water partition coefficient (Wildman–Crippen LogP) is 3.88. The molecule has 3 rings (SSSR count). The molecular formula is C26H35N3O3. The third kappa shape index (κ3) is 5.88. The van der Waals surface area contributed by atoms with Crippen LogP contribution in [0.15, 0.2) is 36.4 Å². The zero-order chi connectivity index (χ0) is 23.1. The van der Waals surface area contributed by atoms with Gasteiger partial charge in [-0.05, 0) is 74.3 Å². The normalized spacial score (nSPS) is 12.7. The first-order valence-corrected chi connectivity index (χ1v) is 11.5. The van der Waals surface area contributed by atoms with Gasteiger partial charge in [-0.25, -0.2) is 0 Å². The van der Waals surface area contributed by atoms with E-state index in [0.717, 1.165) is 54.7 Å². The second-order valence-electron chi connectivity index (χ2n) is 8.65. The Hall–Kier alpha value is -2.86. The van der Waals surface area contributed by atoms with Crippen LogP contribution in [0.3, 0.4) is 0 Å². The van der Waals surface area contributed by atoms with Crippen molar-refractivity contribution in [3.63, 3.8) is 0 Å². The Bertz CT molecular complexity index is 955. The van der Waals surface area contributed by atoms with Gasteiger partial charge in [0.25, 0.3) is 11.8 Å². The number of nitrogens with zero attached hydrogens (tertiary/aromatic N) is 2. The summed E-state index contributed by atoms with van der Waals surface area (Å²) in [4.78, 5) is 29.6. The number of amides is 2. The third-order valence-corrected chi connectivity index (χ3v) is 5.83. The van der Waals surface area contributed by atoms with E-state index in [9.17, 15) is 9.59 Å². The van der Waals surface area contributed by atoms with Gasteiger partial charge >= 0.3 is 0 Å². The molecule has 0 saturated heterocycles. The lowest BCUT2D eigenvalue weighted by atomic mass is 9.98. The molecule has 1 heterocycles. The maximum atomic E-state index is 13.2. The summed E-state index contributed by atoms with van der Waals surface area (Å²) in [6, 6.07) is 11.6. The molecule has 1 aliphatic heterocycles. The second kappa shape index (κ2) is 11.1. The first-order chi connectivity index (χ1) is 15.4. The van der Waals surface area contributed by atoms with Gasteiger partial charge in [-0.2, -0.15) is 0 Å². The molecule has 0 saturated carbocycles. The van der Waals surface area contributed by atoms with E-state index in [-0.39, 0.29) is 11.8 Å². The Morgan fingerprint density at radius 1 is 1.06 bits per heavy atom. The minimum Gasteiger partial charge on any atom is -0.494 e. The summed E-state index contributed by atoms with van der Waals surface area (Å²) in [5, 5.41) is 2.70. The summed E-state index contributed by atoms with van der Waals surface area (Å²) in [7, 11) is 5.73. The van der Waals surface area contributed by atoms with Crippen LogP contribution in [0.2, 0.25) is 0 Å². The van der Waals surface area contributed by atoms with Crippen molar-refractivity contribution in [1.82, 2.24) is 15.1 Å². The fraction of sp³-hybridized carbons (Fsp3) is 0.462. The molecule has 0 spiro atoms. The Morgan fingerprint density at radius 2 is 1.84 bits per heavy atom.